The number of ether oxygens (including phenoxy) is 1. The molecule has 7 heteroatoms. The molecule has 130 valence electrons. The first kappa shape index (κ1) is 17.6. The van der Waals surface area contributed by atoms with Crippen molar-refractivity contribution in [1.82, 2.24) is 0 Å². The van der Waals surface area contributed by atoms with Crippen molar-refractivity contribution < 1.29 is 27.5 Å². The molecule has 1 aliphatic heterocycles. The highest BCUT2D eigenvalue weighted by molar-refractivity contribution is 7.94. The molecule has 0 radical (unpaired) electrons. The van der Waals surface area contributed by atoms with E-state index in [9.17, 15) is 13.6 Å². The van der Waals surface area contributed by atoms with Crippen molar-refractivity contribution in [1.29, 1.82) is 0 Å². The normalized spacial score (nSPS) is 14.2. The highest BCUT2D eigenvalue weighted by atomic mass is 32.2. The van der Waals surface area contributed by atoms with Gasteiger partial charge in [-0.3, -0.25) is 0 Å². The number of carbonyl (C=O) groups is 1. The fourth-order valence-corrected chi connectivity index (χ4v) is 3.03. The summed E-state index contributed by atoms with van der Waals surface area (Å²) in [6, 6.07) is 8.87. The minimum atomic E-state index is -1.01. The zero-order valence-electron chi connectivity index (χ0n) is 13.5. The maximum Gasteiger partial charge on any atom is 0.339 e. The number of aryl methyl sites for hydroxylation is 1. The minimum absolute atomic E-state index is 0.0770. The molecule has 1 aliphatic rings. The SMILES string of the molecule is COOSc1ccc(C2=C(c3ccc(F)c(F)c3)C(=O)OC2)cc1C. The number of hydrogen-bond acceptors (Lipinski definition) is 5. The zero-order chi connectivity index (χ0) is 18.0. The Morgan fingerprint density at radius 1 is 1.08 bits per heavy atom. The fraction of sp³-hybridized carbons (Fsp3) is 0.167. The van der Waals surface area contributed by atoms with E-state index in [2.05, 4.69) is 4.89 Å². The molecule has 0 aromatic heterocycles. The third kappa shape index (κ3) is 3.58. The molecule has 25 heavy (non-hydrogen) atoms. The second-order valence-corrected chi connectivity index (χ2v) is 6.10. The van der Waals surface area contributed by atoms with E-state index in [1.165, 1.54) is 13.2 Å². The highest BCUT2D eigenvalue weighted by Crippen LogP contribution is 2.35. The van der Waals surface area contributed by atoms with E-state index in [0.29, 0.717) is 5.57 Å². The predicted octanol–water partition coefficient (Wildman–Crippen LogP) is 4.33. The number of carbonyl (C=O) groups excluding carboxylic acids is 1. The molecule has 0 N–H and O–H groups in total. The third-order valence-electron chi connectivity index (χ3n) is 3.78. The van der Waals surface area contributed by atoms with Crippen LogP contribution in [-0.4, -0.2) is 19.7 Å². The number of rotatable bonds is 5. The monoisotopic (exact) mass is 364 g/mol. The van der Waals surface area contributed by atoms with Gasteiger partial charge >= 0.3 is 5.97 Å². The van der Waals surface area contributed by atoms with Crippen LogP contribution >= 0.6 is 12.0 Å². The smallest absolute Gasteiger partial charge is 0.339 e. The molecule has 0 fully saturated rings. The Labute approximate surface area is 147 Å². The molecule has 0 spiro atoms. The van der Waals surface area contributed by atoms with Crippen LogP contribution in [0.4, 0.5) is 8.78 Å². The van der Waals surface area contributed by atoms with Crippen LogP contribution < -0.4 is 0 Å². The van der Waals surface area contributed by atoms with Gasteiger partial charge in [-0.05, 0) is 41.8 Å². The molecule has 0 saturated carbocycles. The van der Waals surface area contributed by atoms with Gasteiger partial charge in [0.15, 0.2) is 11.6 Å². The van der Waals surface area contributed by atoms with Crippen molar-refractivity contribution in [3.8, 4) is 0 Å². The molecular weight excluding hydrogens is 350 g/mol. The topological polar surface area (TPSA) is 44.8 Å². The Morgan fingerprint density at radius 3 is 2.52 bits per heavy atom. The number of benzene rings is 2. The van der Waals surface area contributed by atoms with E-state index in [0.717, 1.165) is 40.2 Å². The zero-order valence-corrected chi connectivity index (χ0v) is 14.3. The number of hydrogen-bond donors (Lipinski definition) is 0. The summed E-state index contributed by atoms with van der Waals surface area (Å²) in [5.41, 5.74) is 2.84. The summed E-state index contributed by atoms with van der Waals surface area (Å²) in [4.78, 5) is 17.5. The summed E-state index contributed by atoms with van der Waals surface area (Å²) in [6.45, 7) is 1.97. The summed E-state index contributed by atoms with van der Waals surface area (Å²) in [6.07, 6.45) is 0. The molecule has 0 aliphatic carbocycles. The van der Waals surface area contributed by atoms with Crippen LogP contribution in [-0.2, 0) is 18.8 Å². The first-order valence-corrected chi connectivity index (χ1v) is 8.09. The van der Waals surface area contributed by atoms with Crippen molar-refractivity contribution in [2.24, 2.45) is 0 Å². The lowest BCUT2D eigenvalue weighted by Crippen LogP contribution is -1.99. The molecule has 3 rings (SSSR count). The predicted molar refractivity (Wildman–Crippen MR) is 89.3 cm³/mol. The lowest BCUT2D eigenvalue weighted by molar-refractivity contribution is -0.160. The maximum absolute atomic E-state index is 13.5. The van der Waals surface area contributed by atoms with Gasteiger partial charge in [0.05, 0.1) is 24.7 Å². The third-order valence-corrected chi connectivity index (χ3v) is 4.62. The Kier molecular flexibility index (Phi) is 5.17. The Balaban J connectivity index is 2.03. The molecule has 4 nitrogen and oxygen atoms in total. The second kappa shape index (κ2) is 7.35. The van der Waals surface area contributed by atoms with Crippen LogP contribution in [0.1, 0.15) is 16.7 Å². The van der Waals surface area contributed by atoms with Gasteiger partial charge in [-0.25, -0.2) is 18.5 Å². The average Bonchev–Trinajstić information content (AvgIpc) is 2.98. The summed E-state index contributed by atoms with van der Waals surface area (Å²) >= 11 is 1.07. The van der Waals surface area contributed by atoms with Crippen LogP contribution in [0.5, 0.6) is 0 Å². The fourth-order valence-electron chi connectivity index (χ4n) is 2.58. The van der Waals surface area contributed by atoms with E-state index < -0.39 is 17.6 Å². The first-order chi connectivity index (χ1) is 12.0. The molecule has 0 amide bonds. The molecule has 0 bridgehead atoms. The van der Waals surface area contributed by atoms with Gasteiger partial charge in [0.25, 0.3) is 0 Å². The Bertz CT molecular complexity index is 864. The van der Waals surface area contributed by atoms with Crippen LogP contribution in [0.25, 0.3) is 11.1 Å². The molecular formula is C18H14F2O4S. The van der Waals surface area contributed by atoms with Gasteiger partial charge in [-0.2, -0.15) is 4.33 Å². The lowest BCUT2D eigenvalue weighted by atomic mass is 9.95. The lowest BCUT2D eigenvalue weighted by Gasteiger charge is -2.09. The van der Waals surface area contributed by atoms with Crippen LogP contribution in [0.15, 0.2) is 41.3 Å². The summed E-state index contributed by atoms with van der Waals surface area (Å²) in [7, 11) is 1.41. The Morgan fingerprint density at radius 2 is 1.84 bits per heavy atom. The van der Waals surface area contributed by atoms with Gasteiger partial charge in [0, 0.05) is 10.5 Å². The van der Waals surface area contributed by atoms with Gasteiger partial charge in [0.1, 0.15) is 6.61 Å². The summed E-state index contributed by atoms with van der Waals surface area (Å²) < 4.78 is 36.7. The van der Waals surface area contributed by atoms with Gasteiger partial charge in [0.2, 0.25) is 0 Å². The standard InChI is InChI=1S/C18H14F2O4S/c1-10-7-11(4-6-16(10)25-24-22-2)13-9-23-18(21)17(13)12-3-5-14(19)15(20)8-12/h3-8H,9H2,1-2H3. The molecule has 0 unspecified atom stereocenters. The van der Waals surface area contributed by atoms with Gasteiger partial charge in [-0.15, -0.1) is 0 Å². The molecule has 0 atom stereocenters. The average molecular weight is 364 g/mol. The van der Waals surface area contributed by atoms with E-state index >= 15 is 0 Å². The summed E-state index contributed by atoms with van der Waals surface area (Å²) in [5, 5.41) is 0. The van der Waals surface area contributed by atoms with Crippen LogP contribution in [0.3, 0.4) is 0 Å². The van der Waals surface area contributed by atoms with Crippen molar-refractivity contribution in [2.75, 3.05) is 13.7 Å². The number of cyclic esters (lactones) is 1. The number of esters is 1. The van der Waals surface area contributed by atoms with E-state index in [4.69, 9.17) is 9.07 Å². The van der Waals surface area contributed by atoms with E-state index in [1.54, 1.807) is 0 Å². The van der Waals surface area contributed by atoms with Gasteiger partial charge in [-0.1, -0.05) is 18.2 Å². The number of halogens is 2. The molecule has 2 aromatic carbocycles. The molecule has 0 saturated heterocycles. The second-order valence-electron chi connectivity index (χ2n) is 5.36. The van der Waals surface area contributed by atoms with Crippen LogP contribution in [0, 0.1) is 18.6 Å². The largest absolute Gasteiger partial charge is 0.457 e. The summed E-state index contributed by atoms with van der Waals surface area (Å²) in [5.74, 6) is -2.53. The van der Waals surface area contributed by atoms with Crippen LogP contribution in [0.2, 0.25) is 0 Å². The van der Waals surface area contributed by atoms with E-state index in [1.807, 2.05) is 25.1 Å². The maximum atomic E-state index is 13.5. The van der Waals surface area contributed by atoms with Gasteiger partial charge < -0.3 is 4.74 Å². The van der Waals surface area contributed by atoms with E-state index in [-0.39, 0.29) is 17.7 Å². The highest BCUT2D eigenvalue weighted by Gasteiger charge is 2.28. The Hall–Kier alpha value is -2.22. The minimum Gasteiger partial charge on any atom is -0.457 e. The molecule has 2 aromatic rings. The van der Waals surface area contributed by atoms with Crippen molar-refractivity contribution in [3.05, 3.63) is 64.7 Å². The van der Waals surface area contributed by atoms with Crippen molar-refractivity contribution in [2.45, 2.75) is 11.8 Å². The first-order valence-electron chi connectivity index (χ1n) is 7.35. The van der Waals surface area contributed by atoms with Crippen molar-refractivity contribution >= 4 is 29.2 Å². The molecule has 1 heterocycles. The quantitative estimate of drug-likeness (QED) is 0.342. The van der Waals surface area contributed by atoms with Crippen molar-refractivity contribution in [3.63, 3.8) is 0 Å².